The minimum absolute atomic E-state index is 0.517. The van der Waals surface area contributed by atoms with E-state index in [1.807, 2.05) is 11.3 Å². The number of benzene rings is 1. The molecule has 0 aliphatic rings. The van der Waals surface area contributed by atoms with Crippen molar-refractivity contribution >= 4 is 16.5 Å². The van der Waals surface area contributed by atoms with Gasteiger partial charge >= 0.3 is 0 Å². The van der Waals surface area contributed by atoms with Gasteiger partial charge in [0.25, 0.3) is 0 Å². The van der Waals surface area contributed by atoms with Gasteiger partial charge < -0.3 is 10.2 Å². The van der Waals surface area contributed by atoms with Crippen LogP contribution in [-0.4, -0.2) is 18.1 Å². The molecule has 1 unspecified atom stereocenters. The number of nitrogens with zero attached hydrogens (tertiary/aromatic N) is 2. The van der Waals surface area contributed by atoms with Gasteiger partial charge in [-0.25, -0.2) is 4.98 Å². The highest BCUT2D eigenvalue weighted by molar-refractivity contribution is 7.15. The van der Waals surface area contributed by atoms with E-state index in [9.17, 15) is 0 Å². The maximum absolute atomic E-state index is 5.03. The van der Waals surface area contributed by atoms with Gasteiger partial charge in [0.15, 0.2) is 5.13 Å². The van der Waals surface area contributed by atoms with Crippen LogP contribution in [0.2, 0.25) is 0 Å². The molecule has 1 heterocycles. The second-order valence-corrected chi connectivity index (χ2v) is 7.35. The minimum Gasteiger partial charge on any atom is -0.344 e. The Balaban J connectivity index is 2.20. The highest BCUT2D eigenvalue weighted by Crippen LogP contribution is 2.32. The van der Waals surface area contributed by atoms with Crippen molar-refractivity contribution in [3.05, 3.63) is 46.5 Å². The van der Waals surface area contributed by atoms with Gasteiger partial charge in [0.1, 0.15) is 0 Å². The van der Waals surface area contributed by atoms with E-state index in [2.05, 4.69) is 68.2 Å². The van der Waals surface area contributed by atoms with Gasteiger partial charge in [0, 0.05) is 24.5 Å². The fraction of sp³-hybridized carbons (Fsp3) is 0.550. The molecule has 0 fully saturated rings. The zero-order chi connectivity index (χ0) is 17.4. The summed E-state index contributed by atoms with van der Waals surface area (Å²) in [6.07, 6.45) is 2.30. The first-order valence-corrected chi connectivity index (χ1v) is 10.00. The number of anilines is 1. The van der Waals surface area contributed by atoms with Gasteiger partial charge in [-0.3, -0.25) is 0 Å². The predicted octanol–water partition coefficient (Wildman–Crippen LogP) is 5.18. The van der Waals surface area contributed by atoms with Crippen molar-refractivity contribution < 1.29 is 0 Å². The SMILES string of the molecule is CCCNCc1sc(N(CC)Cc2ccccc2)nc1C(C)CC. The first-order valence-electron chi connectivity index (χ1n) is 9.18. The number of thiazole rings is 1. The van der Waals surface area contributed by atoms with E-state index in [1.165, 1.54) is 22.6 Å². The zero-order valence-electron chi connectivity index (χ0n) is 15.5. The number of hydrogen-bond donors (Lipinski definition) is 1. The monoisotopic (exact) mass is 345 g/mol. The molecule has 1 aromatic carbocycles. The van der Waals surface area contributed by atoms with Crippen LogP contribution < -0.4 is 10.2 Å². The van der Waals surface area contributed by atoms with Gasteiger partial charge in [-0.15, -0.1) is 11.3 Å². The van der Waals surface area contributed by atoms with Gasteiger partial charge in [-0.2, -0.15) is 0 Å². The molecule has 1 atom stereocenters. The van der Waals surface area contributed by atoms with Crippen LogP contribution >= 0.6 is 11.3 Å². The van der Waals surface area contributed by atoms with Gasteiger partial charge in [0.05, 0.1) is 5.69 Å². The first-order chi connectivity index (χ1) is 11.7. The average molecular weight is 346 g/mol. The second-order valence-electron chi connectivity index (χ2n) is 6.29. The van der Waals surface area contributed by atoms with Crippen molar-refractivity contribution in [1.82, 2.24) is 10.3 Å². The maximum atomic E-state index is 5.03. The lowest BCUT2D eigenvalue weighted by Gasteiger charge is -2.19. The van der Waals surface area contributed by atoms with Crippen molar-refractivity contribution in [2.75, 3.05) is 18.0 Å². The van der Waals surface area contributed by atoms with Crippen LogP contribution in [0.1, 0.15) is 62.6 Å². The molecule has 0 aliphatic heterocycles. The van der Waals surface area contributed by atoms with Crippen molar-refractivity contribution in [2.24, 2.45) is 0 Å². The third kappa shape index (κ3) is 5.05. The van der Waals surface area contributed by atoms with E-state index in [4.69, 9.17) is 4.98 Å². The molecule has 0 bridgehead atoms. The Morgan fingerprint density at radius 3 is 2.54 bits per heavy atom. The minimum atomic E-state index is 0.517. The fourth-order valence-electron chi connectivity index (χ4n) is 2.69. The summed E-state index contributed by atoms with van der Waals surface area (Å²) in [5.41, 5.74) is 2.62. The fourth-order valence-corrected chi connectivity index (χ4v) is 3.90. The topological polar surface area (TPSA) is 28.2 Å². The van der Waals surface area contributed by atoms with Crippen LogP contribution in [0.25, 0.3) is 0 Å². The normalized spacial score (nSPS) is 12.3. The molecule has 1 aromatic heterocycles. The maximum Gasteiger partial charge on any atom is 0.186 e. The van der Waals surface area contributed by atoms with Crippen LogP contribution in [0.15, 0.2) is 30.3 Å². The Morgan fingerprint density at radius 1 is 1.17 bits per heavy atom. The summed E-state index contributed by atoms with van der Waals surface area (Å²) in [4.78, 5) is 8.82. The summed E-state index contributed by atoms with van der Waals surface area (Å²) < 4.78 is 0. The van der Waals surface area contributed by atoms with E-state index in [-0.39, 0.29) is 0 Å². The summed E-state index contributed by atoms with van der Waals surface area (Å²) >= 11 is 1.86. The Morgan fingerprint density at radius 2 is 1.92 bits per heavy atom. The average Bonchev–Trinajstić information content (AvgIpc) is 3.04. The van der Waals surface area contributed by atoms with Crippen LogP contribution in [0.3, 0.4) is 0 Å². The molecule has 0 saturated heterocycles. The molecule has 0 radical (unpaired) electrons. The van der Waals surface area contributed by atoms with E-state index in [1.54, 1.807) is 0 Å². The van der Waals surface area contributed by atoms with Crippen LogP contribution in [0.4, 0.5) is 5.13 Å². The van der Waals surface area contributed by atoms with Gasteiger partial charge in [0.2, 0.25) is 0 Å². The van der Waals surface area contributed by atoms with E-state index < -0.39 is 0 Å². The molecule has 0 amide bonds. The van der Waals surface area contributed by atoms with E-state index in [0.29, 0.717) is 5.92 Å². The Labute approximate surface area is 151 Å². The molecule has 4 heteroatoms. The number of rotatable bonds is 10. The first kappa shape index (κ1) is 18.9. The molecular formula is C20H31N3S. The standard InChI is InChI=1S/C20H31N3S/c1-5-13-21-14-18-19(16(4)6-2)22-20(24-18)23(7-3)15-17-11-9-8-10-12-17/h8-12,16,21H,5-7,13-15H2,1-4H3. The predicted molar refractivity (Wildman–Crippen MR) is 106 cm³/mol. The van der Waals surface area contributed by atoms with Crippen molar-refractivity contribution in [3.63, 3.8) is 0 Å². The molecular weight excluding hydrogens is 314 g/mol. The van der Waals surface area contributed by atoms with Crippen LogP contribution in [0, 0.1) is 0 Å². The zero-order valence-corrected chi connectivity index (χ0v) is 16.3. The third-order valence-electron chi connectivity index (χ3n) is 4.38. The summed E-state index contributed by atoms with van der Waals surface area (Å²) in [6.45, 7) is 12.9. The lowest BCUT2D eigenvalue weighted by molar-refractivity contribution is 0.654. The Bertz CT molecular complexity index is 594. The molecule has 24 heavy (non-hydrogen) atoms. The van der Waals surface area contributed by atoms with Crippen LogP contribution in [0.5, 0.6) is 0 Å². The number of nitrogens with one attached hydrogen (secondary N) is 1. The Hall–Kier alpha value is -1.39. The smallest absolute Gasteiger partial charge is 0.186 e. The molecule has 0 saturated carbocycles. The van der Waals surface area contributed by atoms with Crippen LogP contribution in [-0.2, 0) is 13.1 Å². The highest BCUT2D eigenvalue weighted by Gasteiger charge is 2.19. The molecule has 132 valence electrons. The largest absolute Gasteiger partial charge is 0.344 e. The Kier molecular flexibility index (Phi) is 7.73. The quantitative estimate of drug-likeness (QED) is 0.601. The molecule has 2 aromatic rings. The molecule has 3 nitrogen and oxygen atoms in total. The summed E-state index contributed by atoms with van der Waals surface area (Å²) in [7, 11) is 0. The summed E-state index contributed by atoms with van der Waals surface area (Å²) in [6, 6.07) is 10.7. The molecule has 2 rings (SSSR count). The highest BCUT2D eigenvalue weighted by atomic mass is 32.1. The number of hydrogen-bond acceptors (Lipinski definition) is 4. The van der Waals surface area contributed by atoms with E-state index in [0.717, 1.165) is 37.7 Å². The van der Waals surface area contributed by atoms with Crippen molar-refractivity contribution in [1.29, 1.82) is 0 Å². The van der Waals surface area contributed by atoms with Gasteiger partial charge in [-0.05, 0) is 37.8 Å². The summed E-state index contributed by atoms with van der Waals surface area (Å²) in [5, 5.41) is 4.70. The molecule has 0 aliphatic carbocycles. The number of aromatic nitrogens is 1. The lowest BCUT2D eigenvalue weighted by Crippen LogP contribution is -2.21. The summed E-state index contributed by atoms with van der Waals surface area (Å²) in [5.74, 6) is 0.517. The lowest BCUT2D eigenvalue weighted by atomic mass is 10.0. The van der Waals surface area contributed by atoms with E-state index >= 15 is 0 Å². The van der Waals surface area contributed by atoms with Gasteiger partial charge in [-0.1, -0.05) is 51.1 Å². The third-order valence-corrected chi connectivity index (χ3v) is 5.51. The van der Waals surface area contributed by atoms with Crippen molar-refractivity contribution in [2.45, 2.75) is 59.5 Å². The molecule has 0 spiro atoms. The second kappa shape index (κ2) is 9.80. The van der Waals surface area contributed by atoms with Crippen molar-refractivity contribution in [3.8, 4) is 0 Å². The molecule has 1 N–H and O–H groups in total.